The lowest BCUT2D eigenvalue weighted by Crippen LogP contribution is -2.14. The van der Waals surface area contributed by atoms with Crippen molar-refractivity contribution >= 4 is 28.3 Å². The van der Waals surface area contributed by atoms with Gasteiger partial charge in [-0.15, -0.1) is 11.3 Å². The van der Waals surface area contributed by atoms with Crippen LogP contribution in [0, 0.1) is 6.92 Å². The van der Waals surface area contributed by atoms with Gasteiger partial charge in [0.1, 0.15) is 5.75 Å². The predicted octanol–water partition coefficient (Wildman–Crippen LogP) is 1.69. The van der Waals surface area contributed by atoms with Crippen LogP contribution in [0.25, 0.3) is 0 Å². The average Bonchev–Trinajstić information content (AvgIpc) is 3.21. The van der Waals surface area contributed by atoms with Crippen molar-refractivity contribution in [1.82, 2.24) is 15.1 Å². The van der Waals surface area contributed by atoms with E-state index in [2.05, 4.69) is 20.4 Å². The molecule has 0 saturated carbocycles. The van der Waals surface area contributed by atoms with Gasteiger partial charge in [-0.2, -0.15) is 4.98 Å². The summed E-state index contributed by atoms with van der Waals surface area (Å²) in [6, 6.07) is 6.60. The number of rotatable bonds is 7. The third-order valence-corrected chi connectivity index (χ3v) is 3.99. The van der Waals surface area contributed by atoms with E-state index < -0.39 is 5.91 Å². The van der Waals surface area contributed by atoms with Crippen LogP contribution >= 0.6 is 11.3 Å². The van der Waals surface area contributed by atoms with Crippen LogP contribution in [0.15, 0.2) is 34.2 Å². The van der Waals surface area contributed by atoms with Crippen LogP contribution in [0.2, 0.25) is 0 Å². The van der Waals surface area contributed by atoms with Gasteiger partial charge in [0.15, 0.2) is 11.7 Å². The van der Waals surface area contributed by atoms with Crippen molar-refractivity contribution < 1.29 is 18.8 Å². The van der Waals surface area contributed by atoms with Crippen molar-refractivity contribution in [3.05, 3.63) is 52.6 Å². The monoisotopic (exact) mass is 373 g/mol. The smallest absolute Gasteiger partial charge is 0.257 e. The Morgan fingerprint density at radius 3 is 2.69 bits per heavy atom. The molecule has 1 aromatic carbocycles. The lowest BCUT2D eigenvalue weighted by molar-refractivity contribution is -0.117. The molecule has 3 aromatic rings. The van der Waals surface area contributed by atoms with Gasteiger partial charge in [0.2, 0.25) is 17.6 Å². The maximum Gasteiger partial charge on any atom is 0.257 e. The van der Waals surface area contributed by atoms with E-state index in [1.807, 2.05) is 0 Å². The Hall–Kier alpha value is -3.27. The fraction of sp³-hybridized carbons (Fsp3) is 0.188. The number of benzene rings is 1. The Balaban J connectivity index is 1.56. The minimum atomic E-state index is -0.472. The van der Waals surface area contributed by atoms with Crippen LogP contribution in [0.3, 0.4) is 0 Å². The lowest BCUT2D eigenvalue weighted by Gasteiger charge is -2.05. The fourth-order valence-corrected chi connectivity index (χ4v) is 2.75. The fourth-order valence-electron chi connectivity index (χ4n) is 2.04. The summed E-state index contributed by atoms with van der Waals surface area (Å²) in [6.45, 7) is 1.87. The number of aromatic nitrogens is 3. The van der Waals surface area contributed by atoms with E-state index in [4.69, 9.17) is 15.0 Å². The summed E-state index contributed by atoms with van der Waals surface area (Å²) >= 11 is 1.23. The quantitative estimate of drug-likeness (QED) is 0.644. The van der Waals surface area contributed by atoms with Crippen molar-refractivity contribution in [3.63, 3.8) is 0 Å². The predicted molar refractivity (Wildman–Crippen MR) is 92.8 cm³/mol. The topological polar surface area (TPSA) is 133 Å². The van der Waals surface area contributed by atoms with Gasteiger partial charge in [-0.1, -0.05) is 5.16 Å². The third-order valence-electron chi connectivity index (χ3n) is 3.18. The highest BCUT2D eigenvalue weighted by Crippen LogP contribution is 2.18. The van der Waals surface area contributed by atoms with Crippen LogP contribution < -0.4 is 15.8 Å². The molecule has 134 valence electrons. The molecule has 0 fully saturated rings. The molecule has 3 rings (SSSR count). The zero-order valence-corrected chi connectivity index (χ0v) is 14.6. The van der Waals surface area contributed by atoms with Gasteiger partial charge in [-0.3, -0.25) is 14.9 Å². The summed E-state index contributed by atoms with van der Waals surface area (Å²) in [5, 5.41) is 8.49. The van der Waals surface area contributed by atoms with Gasteiger partial charge < -0.3 is 15.0 Å². The molecule has 0 unspecified atom stereocenters. The summed E-state index contributed by atoms with van der Waals surface area (Å²) in [4.78, 5) is 31.3. The van der Waals surface area contributed by atoms with Gasteiger partial charge in [0.05, 0.1) is 12.1 Å². The molecule has 2 amide bonds. The highest BCUT2D eigenvalue weighted by molar-refractivity contribution is 7.14. The van der Waals surface area contributed by atoms with Crippen molar-refractivity contribution in [2.24, 2.45) is 5.73 Å². The zero-order chi connectivity index (χ0) is 18.5. The summed E-state index contributed by atoms with van der Waals surface area (Å²) in [5.74, 6) is 0.698. The first-order valence-corrected chi connectivity index (χ1v) is 8.43. The first kappa shape index (κ1) is 17.5. The minimum Gasteiger partial charge on any atom is -0.485 e. The molecule has 0 radical (unpaired) electrons. The molecule has 0 aliphatic carbocycles. The largest absolute Gasteiger partial charge is 0.485 e. The Kier molecular flexibility index (Phi) is 5.23. The van der Waals surface area contributed by atoms with Gasteiger partial charge in [-0.05, 0) is 24.3 Å². The number of thiazole rings is 1. The number of amides is 2. The van der Waals surface area contributed by atoms with Crippen molar-refractivity contribution in [2.45, 2.75) is 20.0 Å². The standard InChI is InChI=1S/C16H15N5O4S/c1-9-18-14(21-25-9)7-24-12-4-2-10(3-5-12)15(23)20-16-19-11(8-26-16)6-13(17)22/h2-5,8H,6-7H2,1H3,(H2,17,22)(H,19,20,23). The third kappa shape index (κ3) is 4.63. The number of nitrogens with one attached hydrogen (secondary N) is 1. The molecular weight excluding hydrogens is 358 g/mol. The molecule has 26 heavy (non-hydrogen) atoms. The Bertz CT molecular complexity index is 919. The molecular formula is C16H15N5O4S. The second kappa shape index (κ2) is 7.74. The Morgan fingerprint density at radius 2 is 2.04 bits per heavy atom. The summed E-state index contributed by atoms with van der Waals surface area (Å²) in [5.41, 5.74) is 6.09. The zero-order valence-electron chi connectivity index (χ0n) is 13.8. The highest BCUT2D eigenvalue weighted by atomic mass is 32.1. The van der Waals surface area contributed by atoms with Crippen LogP contribution in [0.4, 0.5) is 5.13 Å². The number of carbonyl (C=O) groups excluding carboxylic acids is 2. The number of carbonyl (C=O) groups is 2. The highest BCUT2D eigenvalue weighted by Gasteiger charge is 2.11. The van der Waals surface area contributed by atoms with E-state index >= 15 is 0 Å². The van der Waals surface area contributed by atoms with Crippen LogP contribution in [0.5, 0.6) is 5.75 Å². The number of nitrogens with two attached hydrogens (primary N) is 1. The summed E-state index contributed by atoms with van der Waals surface area (Å²) < 4.78 is 10.4. The van der Waals surface area contributed by atoms with Crippen LogP contribution in [0.1, 0.15) is 27.8 Å². The molecule has 9 nitrogen and oxygen atoms in total. The van der Waals surface area contributed by atoms with Crippen LogP contribution in [-0.4, -0.2) is 26.9 Å². The molecule has 0 aliphatic heterocycles. The number of hydrogen-bond acceptors (Lipinski definition) is 8. The molecule has 0 aliphatic rings. The van der Waals surface area contributed by atoms with Gasteiger partial charge in [0, 0.05) is 17.9 Å². The molecule has 0 saturated heterocycles. The number of primary amides is 1. The summed E-state index contributed by atoms with van der Waals surface area (Å²) in [7, 11) is 0. The molecule has 2 aromatic heterocycles. The average molecular weight is 373 g/mol. The lowest BCUT2D eigenvalue weighted by atomic mass is 10.2. The molecule has 0 atom stereocenters. The van der Waals surface area contributed by atoms with E-state index in [0.717, 1.165) is 0 Å². The van der Waals surface area contributed by atoms with Crippen LogP contribution in [-0.2, 0) is 17.8 Å². The molecule has 0 bridgehead atoms. The molecule has 10 heteroatoms. The molecule has 3 N–H and O–H groups in total. The van der Waals surface area contributed by atoms with E-state index in [0.29, 0.717) is 33.9 Å². The minimum absolute atomic E-state index is 0.0400. The van der Waals surface area contributed by atoms with Gasteiger partial charge >= 0.3 is 0 Å². The van der Waals surface area contributed by atoms with E-state index in [1.54, 1.807) is 36.6 Å². The maximum atomic E-state index is 12.2. The second-order valence-corrected chi connectivity index (χ2v) is 6.14. The molecule has 0 spiro atoms. The van der Waals surface area contributed by atoms with Gasteiger partial charge in [0.25, 0.3) is 5.91 Å². The Morgan fingerprint density at radius 1 is 1.27 bits per heavy atom. The number of ether oxygens (including phenoxy) is 1. The normalized spacial score (nSPS) is 10.5. The number of nitrogens with zero attached hydrogens (tertiary/aromatic N) is 3. The summed E-state index contributed by atoms with van der Waals surface area (Å²) in [6.07, 6.45) is 0.0400. The van der Waals surface area contributed by atoms with Crippen molar-refractivity contribution in [2.75, 3.05) is 5.32 Å². The first-order chi connectivity index (χ1) is 12.5. The number of hydrogen-bond donors (Lipinski definition) is 2. The number of aryl methyl sites for hydroxylation is 1. The van der Waals surface area contributed by atoms with Gasteiger partial charge in [-0.25, -0.2) is 4.98 Å². The van der Waals surface area contributed by atoms with Crippen molar-refractivity contribution in [1.29, 1.82) is 0 Å². The first-order valence-electron chi connectivity index (χ1n) is 7.55. The van der Waals surface area contributed by atoms with E-state index in [1.165, 1.54) is 11.3 Å². The SMILES string of the molecule is Cc1nc(COc2ccc(C(=O)Nc3nc(CC(N)=O)cs3)cc2)no1. The Labute approximate surface area is 152 Å². The molecule has 2 heterocycles. The maximum absolute atomic E-state index is 12.2. The van der Waals surface area contributed by atoms with E-state index in [-0.39, 0.29) is 18.9 Å². The van der Waals surface area contributed by atoms with E-state index in [9.17, 15) is 9.59 Å². The van der Waals surface area contributed by atoms with Crippen molar-refractivity contribution in [3.8, 4) is 5.75 Å². The second-order valence-electron chi connectivity index (χ2n) is 5.28. The number of anilines is 1.